The van der Waals surface area contributed by atoms with Crippen LogP contribution in [-0.2, 0) is 0 Å². The zero-order valence-corrected chi connectivity index (χ0v) is 11.1. The highest BCUT2D eigenvalue weighted by Crippen LogP contribution is 2.39. The number of nitrogens with one attached hydrogen (secondary N) is 1. The van der Waals surface area contributed by atoms with Crippen LogP contribution < -0.4 is 11.4 Å². The summed E-state index contributed by atoms with van der Waals surface area (Å²) in [6, 6.07) is 6.05. The monoisotopic (exact) mass is 277 g/mol. The molecule has 1 unspecified atom stereocenters. The Balaban J connectivity index is 1.85. The second-order valence-corrected chi connectivity index (χ2v) is 5.68. The maximum absolute atomic E-state index is 11.7. The Bertz CT molecular complexity index is 604. The Morgan fingerprint density at radius 1 is 1.53 bits per heavy atom. The Labute approximate surface area is 114 Å². The summed E-state index contributed by atoms with van der Waals surface area (Å²) in [5.74, 6) is 0. The molecule has 1 aliphatic rings. The van der Waals surface area contributed by atoms with Gasteiger partial charge in [0.1, 0.15) is 0 Å². The van der Waals surface area contributed by atoms with Crippen molar-refractivity contribution in [3.8, 4) is 0 Å². The minimum absolute atomic E-state index is 0.00824. The first-order chi connectivity index (χ1) is 9.29. The molecule has 1 aliphatic carbocycles. The molecule has 7 heteroatoms. The number of pyridine rings is 1. The van der Waals surface area contributed by atoms with Crippen LogP contribution >= 0.6 is 11.8 Å². The van der Waals surface area contributed by atoms with E-state index in [-0.39, 0.29) is 10.9 Å². The van der Waals surface area contributed by atoms with Gasteiger partial charge in [-0.2, -0.15) is 0 Å². The van der Waals surface area contributed by atoms with E-state index in [2.05, 4.69) is 15.2 Å². The number of hydrogen-bond donors (Lipinski definition) is 2. The number of aromatic nitrogens is 4. The molecule has 1 saturated carbocycles. The first-order valence-electron chi connectivity index (χ1n) is 6.24. The summed E-state index contributed by atoms with van der Waals surface area (Å²) in [5, 5.41) is 7.32. The Hall–Kier alpha value is -1.60. The molecule has 0 aliphatic heterocycles. The van der Waals surface area contributed by atoms with Gasteiger partial charge in [0.25, 0.3) is 0 Å². The van der Waals surface area contributed by atoms with Crippen molar-refractivity contribution >= 4 is 11.8 Å². The van der Waals surface area contributed by atoms with Gasteiger partial charge in [-0.1, -0.05) is 17.8 Å². The average molecular weight is 277 g/mol. The van der Waals surface area contributed by atoms with Gasteiger partial charge in [0.05, 0.1) is 10.9 Å². The number of nitrogens with zero attached hydrogens (tertiary/aromatic N) is 3. The highest BCUT2D eigenvalue weighted by Gasteiger charge is 2.29. The molecule has 0 saturated heterocycles. The van der Waals surface area contributed by atoms with E-state index >= 15 is 0 Å². The molecule has 2 heterocycles. The fourth-order valence-corrected chi connectivity index (χ4v) is 3.01. The zero-order valence-electron chi connectivity index (χ0n) is 10.3. The number of nitrogens with two attached hydrogens (primary N) is 1. The molecule has 1 fully saturated rings. The molecule has 100 valence electrons. The second-order valence-electron chi connectivity index (χ2n) is 4.51. The number of rotatable bonds is 5. The third-order valence-electron chi connectivity index (χ3n) is 3.06. The first-order valence-corrected chi connectivity index (χ1v) is 7.12. The summed E-state index contributed by atoms with van der Waals surface area (Å²) in [5.41, 5.74) is 6.59. The molecule has 19 heavy (non-hydrogen) atoms. The molecule has 2 aromatic rings. The van der Waals surface area contributed by atoms with Gasteiger partial charge in [-0.15, -0.1) is 5.10 Å². The number of hydrogen-bond acceptors (Lipinski definition) is 5. The largest absolute Gasteiger partial charge is 0.344 e. The van der Waals surface area contributed by atoms with Crippen LogP contribution in [0.3, 0.4) is 0 Å². The maximum Gasteiger partial charge on any atom is 0.344 e. The van der Waals surface area contributed by atoms with Gasteiger partial charge in [0, 0.05) is 18.8 Å². The lowest BCUT2D eigenvalue weighted by atomic mass is 10.3. The van der Waals surface area contributed by atoms with Crippen LogP contribution in [0.25, 0.3) is 0 Å². The van der Waals surface area contributed by atoms with Gasteiger partial charge in [0.15, 0.2) is 5.16 Å². The van der Waals surface area contributed by atoms with E-state index < -0.39 is 0 Å². The topological polar surface area (TPSA) is 89.6 Å². The summed E-state index contributed by atoms with van der Waals surface area (Å²) in [6.45, 7) is 0.452. The summed E-state index contributed by atoms with van der Waals surface area (Å²) in [7, 11) is 0. The van der Waals surface area contributed by atoms with E-state index in [9.17, 15) is 4.79 Å². The smallest absolute Gasteiger partial charge is 0.329 e. The summed E-state index contributed by atoms with van der Waals surface area (Å²) in [6.07, 6.45) is 3.84. The predicted octanol–water partition coefficient (Wildman–Crippen LogP) is 1.09. The first kappa shape index (κ1) is 12.4. The number of H-pyrrole nitrogens is 1. The van der Waals surface area contributed by atoms with Crippen molar-refractivity contribution in [1.29, 1.82) is 0 Å². The Kier molecular flexibility index (Phi) is 3.39. The van der Waals surface area contributed by atoms with Crippen molar-refractivity contribution in [2.45, 2.75) is 29.3 Å². The second kappa shape index (κ2) is 5.18. The lowest BCUT2D eigenvalue weighted by Gasteiger charge is -2.13. The highest BCUT2D eigenvalue weighted by molar-refractivity contribution is 7.99. The molecule has 1 atom stereocenters. The number of thioether (sulfide) groups is 1. The van der Waals surface area contributed by atoms with Gasteiger partial charge in [-0.25, -0.2) is 9.89 Å². The SMILES string of the molecule is NCC(Sc1n[nH]c(=O)n1C1CC1)c1ccccn1. The van der Waals surface area contributed by atoms with Crippen LogP contribution in [0.2, 0.25) is 0 Å². The van der Waals surface area contributed by atoms with E-state index in [1.807, 2.05) is 18.2 Å². The van der Waals surface area contributed by atoms with Gasteiger partial charge in [0.2, 0.25) is 0 Å². The Morgan fingerprint density at radius 2 is 2.37 bits per heavy atom. The van der Waals surface area contributed by atoms with Crippen LogP contribution in [0.1, 0.15) is 29.8 Å². The van der Waals surface area contributed by atoms with Crippen molar-refractivity contribution < 1.29 is 0 Å². The van der Waals surface area contributed by atoms with Gasteiger partial charge >= 0.3 is 5.69 Å². The molecule has 0 aromatic carbocycles. The quantitative estimate of drug-likeness (QED) is 0.799. The molecular formula is C12H15N5OS. The van der Waals surface area contributed by atoms with E-state index in [1.165, 1.54) is 11.8 Å². The minimum Gasteiger partial charge on any atom is -0.329 e. The molecule has 0 spiro atoms. The van der Waals surface area contributed by atoms with Crippen molar-refractivity contribution in [2.24, 2.45) is 5.73 Å². The standard InChI is InChI=1S/C12H15N5OS/c13-7-10(9-3-1-2-6-14-9)19-12-16-15-11(18)17(12)8-4-5-8/h1-3,6,8,10H,4-5,7,13H2,(H,15,18). The van der Waals surface area contributed by atoms with Gasteiger partial charge in [-0.05, 0) is 25.0 Å². The van der Waals surface area contributed by atoms with Gasteiger partial charge in [-0.3, -0.25) is 9.55 Å². The van der Waals surface area contributed by atoms with Crippen LogP contribution in [0.15, 0.2) is 34.3 Å². The van der Waals surface area contributed by atoms with Crippen molar-refractivity contribution in [2.75, 3.05) is 6.54 Å². The van der Waals surface area contributed by atoms with Crippen molar-refractivity contribution in [3.63, 3.8) is 0 Å². The zero-order chi connectivity index (χ0) is 13.2. The van der Waals surface area contributed by atoms with Gasteiger partial charge < -0.3 is 5.73 Å². The van der Waals surface area contributed by atoms with E-state index in [1.54, 1.807) is 10.8 Å². The van der Waals surface area contributed by atoms with Crippen LogP contribution in [0.4, 0.5) is 0 Å². The van der Waals surface area contributed by atoms with E-state index in [0.717, 1.165) is 18.5 Å². The lowest BCUT2D eigenvalue weighted by molar-refractivity contribution is 0.640. The summed E-state index contributed by atoms with van der Waals surface area (Å²) >= 11 is 1.49. The maximum atomic E-state index is 11.7. The highest BCUT2D eigenvalue weighted by atomic mass is 32.2. The molecular weight excluding hydrogens is 262 g/mol. The fraction of sp³-hybridized carbons (Fsp3) is 0.417. The Morgan fingerprint density at radius 3 is 3.00 bits per heavy atom. The third-order valence-corrected chi connectivity index (χ3v) is 4.28. The molecule has 3 rings (SSSR count). The van der Waals surface area contributed by atoms with Crippen molar-refractivity contribution in [3.05, 3.63) is 40.6 Å². The summed E-state index contributed by atoms with van der Waals surface area (Å²) < 4.78 is 1.73. The third kappa shape index (κ3) is 2.57. The predicted molar refractivity (Wildman–Crippen MR) is 73.0 cm³/mol. The minimum atomic E-state index is -0.137. The molecule has 0 radical (unpaired) electrons. The average Bonchev–Trinajstić information content (AvgIpc) is 3.21. The summed E-state index contributed by atoms with van der Waals surface area (Å²) in [4.78, 5) is 16.0. The van der Waals surface area contributed by atoms with Crippen molar-refractivity contribution in [1.82, 2.24) is 19.7 Å². The van der Waals surface area contributed by atoms with E-state index in [4.69, 9.17) is 5.73 Å². The number of aromatic amines is 1. The van der Waals surface area contributed by atoms with Crippen LogP contribution in [0, 0.1) is 0 Å². The molecule has 3 N–H and O–H groups in total. The molecule has 0 bridgehead atoms. The fourth-order valence-electron chi connectivity index (χ4n) is 1.95. The molecule has 2 aromatic heterocycles. The lowest BCUT2D eigenvalue weighted by Crippen LogP contribution is -2.17. The molecule has 6 nitrogen and oxygen atoms in total. The van der Waals surface area contributed by atoms with E-state index in [0.29, 0.717) is 17.7 Å². The molecule has 0 amide bonds. The van der Waals surface area contributed by atoms with Crippen LogP contribution in [-0.4, -0.2) is 26.3 Å². The van der Waals surface area contributed by atoms with Crippen LogP contribution in [0.5, 0.6) is 0 Å². The normalized spacial score (nSPS) is 16.5.